The van der Waals surface area contributed by atoms with Gasteiger partial charge in [0, 0.05) is 6.42 Å². The highest BCUT2D eigenvalue weighted by Crippen LogP contribution is 2.02. The molecule has 1 atom stereocenters. The molecule has 0 unspecified atom stereocenters. The Balaban J connectivity index is 0.000000491. The highest BCUT2D eigenvalue weighted by atomic mass is 16.5. The van der Waals surface area contributed by atoms with Crippen LogP contribution in [0.2, 0.25) is 0 Å². The van der Waals surface area contributed by atoms with Crippen molar-refractivity contribution < 1.29 is 29.0 Å². The number of benzene rings is 2. The van der Waals surface area contributed by atoms with Crippen molar-refractivity contribution in [3.8, 4) is 0 Å². The van der Waals surface area contributed by atoms with Gasteiger partial charge in [0.2, 0.25) is 0 Å². The summed E-state index contributed by atoms with van der Waals surface area (Å²) in [5.74, 6) is 0.144. The van der Waals surface area contributed by atoms with Crippen LogP contribution >= 0.6 is 0 Å². The molecule has 0 spiro atoms. The molecule has 0 aromatic heterocycles. The van der Waals surface area contributed by atoms with E-state index in [0.29, 0.717) is 13.2 Å². The molecule has 0 aliphatic rings. The average molecular weight is 417 g/mol. The van der Waals surface area contributed by atoms with Gasteiger partial charge in [-0.15, -0.1) is 0 Å². The van der Waals surface area contributed by atoms with E-state index in [2.05, 4.69) is 0 Å². The third-order valence-electron chi connectivity index (χ3n) is 3.24. The van der Waals surface area contributed by atoms with Gasteiger partial charge in [0.1, 0.15) is 24.5 Å². The molecule has 30 heavy (non-hydrogen) atoms. The van der Waals surface area contributed by atoms with Gasteiger partial charge in [-0.3, -0.25) is 4.79 Å². The minimum absolute atomic E-state index is 0.0224. The fourth-order valence-electron chi connectivity index (χ4n) is 2.08. The number of hydrogen-bond donors (Lipinski definition) is 1. The van der Waals surface area contributed by atoms with E-state index < -0.39 is 6.10 Å². The van der Waals surface area contributed by atoms with E-state index in [-0.39, 0.29) is 31.2 Å². The van der Waals surface area contributed by atoms with Gasteiger partial charge in [0.05, 0.1) is 25.9 Å². The van der Waals surface area contributed by atoms with Gasteiger partial charge < -0.3 is 24.2 Å². The predicted octanol–water partition coefficient (Wildman–Crippen LogP) is 3.54. The molecular formula is C24H32O6. The summed E-state index contributed by atoms with van der Waals surface area (Å²) in [5, 5.41) is 9.35. The number of ketones is 2. The fraction of sp³-hybridized carbons (Fsp3) is 0.375. The Kier molecular flexibility index (Phi) is 16.7. The number of Topliss-reactive ketones (excluding diaryl/α,β-unsaturated/α-hetero) is 2. The van der Waals surface area contributed by atoms with E-state index in [9.17, 15) is 19.5 Å². The summed E-state index contributed by atoms with van der Waals surface area (Å²) in [5.41, 5.74) is 2.15. The summed E-state index contributed by atoms with van der Waals surface area (Å²) in [7, 11) is 0. The molecule has 2 rings (SSSR count). The van der Waals surface area contributed by atoms with Crippen molar-refractivity contribution in [1.29, 1.82) is 0 Å². The molecule has 0 saturated heterocycles. The number of hydrogen-bond acceptors (Lipinski definition) is 6. The van der Waals surface area contributed by atoms with Crippen LogP contribution in [-0.4, -0.2) is 42.3 Å². The van der Waals surface area contributed by atoms with Gasteiger partial charge in [-0.2, -0.15) is 0 Å². The van der Waals surface area contributed by atoms with Crippen LogP contribution in [0.15, 0.2) is 60.7 Å². The summed E-state index contributed by atoms with van der Waals surface area (Å²) >= 11 is 0. The molecular weight excluding hydrogens is 384 g/mol. The van der Waals surface area contributed by atoms with E-state index in [4.69, 9.17) is 9.47 Å². The Hall–Kier alpha value is -2.67. The molecule has 0 amide bonds. The molecule has 1 N–H and O–H groups in total. The summed E-state index contributed by atoms with van der Waals surface area (Å²) in [6.07, 6.45) is 0.226. The number of carbonyl (C=O) groups is 3. The maximum Gasteiger partial charge on any atom is 0.145 e. The second-order valence-corrected chi connectivity index (χ2v) is 6.64. The van der Waals surface area contributed by atoms with E-state index in [0.717, 1.165) is 17.4 Å². The lowest BCUT2D eigenvalue weighted by molar-refractivity contribution is -0.120. The summed E-state index contributed by atoms with van der Waals surface area (Å²) < 4.78 is 10.3. The lowest BCUT2D eigenvalue weighted by Crippen LogP contribution is -2.18. The largest absolute Gasteiger partial charge is 0.390 e. The maximum absolute atomic E-state index is 10.7. The first-order valence-electron chi connectivity index (χ1n) is 9.66. The van der Waals surface area contributed by atoms with Crippen LogP contribution in [0.1, 0.15) is 38.3 Å². The Labute approximate surface area is 178 Å². The zero-order valence-corrected chi connectivity index (χ0v) is 18.0. The smallest absolute Gasteiger partial charge is 0.145 e. The maximum atomic E-state index is 10.7. The molecule has 2 aromatic rings. The van der Waals surface area contributed by atoms with Crippen molar-refractivity contribution in [3.63, 3.8) is 0 Å². The zero-order chi connectivity index (χ0) is 22.6. The van der Waals surface area contributed by atoms with E-state index in [1.165, 1.54) is 20.8 Å². The van der Waals surface area contributed by atoms with Crippen molar-refractivity contribution >= 4 is 17.9 Å². The second-order valence-electron chi connectivity index (χ2n) is 6.64. The Morgan fingerprint density at radius 3 is 1.70 bits per heavy atom. The average Bonchev–Trinajstić information content (AvgIpc) is 2.69. The molecule has 164 valence electrons. The van der Waals surface area contributed by atoms with Gasteiger partial charge in [-0.1, -0.05) is 60.7 Å². The van der Waals surface area contributed by atoms with Crippen LogP contribution in [0.25, 0.3) is 0 Å². The number of aldehydes is 1. The number of carbonyl (C=O) groups excluding carboxylic acids is 3. The topological polar surface area (TPSA) is 89.9 Å². The molecule has 0 bridgehead atoms. The number of aliphatic hydroxyl groups is 1. The van der Waals surface area contributed by atoms with Crippen LogP contribution in [0.5, 0.6) is 0 Å². The predicted molar refractivity (Wildman–Crippen MR) is 116 cm³/mol. The van der Waals surface area contributed by atoms with E-state index >= 15 is 0 Å². The summed E-state index contributed by atoms with van der Waals surface area (Å²) in [6.45, 7) is 5.87. The molecule has 0 saturated carbocycles. The third kappa shape index (κ3) is 18.7. The molecule has 6 nitrogen and oxygen atoms in total. The van der Waals surface area contributed by atoms with Gasteiger partial charge >= 0.3 is 0 Å². The number of aliphatic hydroxyl groups excluding tert-OH is 1. The summed E-state index contributed by atoms with van der Waals surface area (Å²) in [4.78, 5) is 30.0. The number of ether oxygens (including phenoxy) is 2. The van der Waals surface area contributed by atoms with E-state index in [1.54, 1.807) is 0 Å². The lowest BCUT2D eigenvalue weighted by Gasteiger charge is -2.09. The highest BCUT2D eigenvalue weighted by Gasteiger charge is 2.06. The molecule has 2 aromatic carbocycles. The van der Waals surface area contributed by atoms with Crippen LogP contribution < -0.4 is 0 Å². The molecule has 6 heteroatoms. The Morgan fingerprint density at radius 2 is 1.30 bits per heavy atom. The van der Waals surface area contributed by atoms with Crippen LogP contribution in [0.4, 0.5) is 0 Å². The standard InChI is InChI=1S/C12H16O3.C9H10O2.C3H6O/c1-10(13)7-12(14)9-15-8-11-5-3-2-4-6-11;10-6-7-11-8-9-4-2-1-3-5-9;1-3(2)4/h2-6,12,14H,7-9H2,1H3;1-6H,7-8H2;1-2H3/t12-;;/m0../s1. The fourth-order valence-corrected chi connectivity index (χ4v) is 2.08. The van der Waals surface area contributed by atoms with Crippen molar-refractivity contribution in [2.75, 3.05) is 13.2 Å². The Bertz CT molecular complexity index is 696. The first-order valence-corrected chi connectivity index (χ1v) is 9.66. The lowest BCUT2D eigenvalue weighted by atomic mass is 10.2. The monoisotopic (exact) mass is 416 g/mol. The SMILES string of the molecule is CC(=O)C[C@H](O)COCc1ccccc1.CC(C)=O.O=CCOCc1ccccc1. The van der Waals surface area contributed by atoms with Gasteiger partial charge in [0.25, 0.3) is 0 Å². The minimum atomic E-state index is -0.689. The van der Waals surface area contributed by atoms with Gasteiger partial charge in [-0.05, 0) is 31.9 Å². The first-order chi connectivity index (χ1) is 14.3. The third-order valence-corrected chi connectivity index (χ3v) is 3.24. The van der Waals surface area contributed by atoms with Gasteiger partial charge in [-0.25, -0.2) is 0 Å². The van der Waals surface area contributed by atoms with Crippen molar-refractivity contribution in [2.45, 2.75) is 46.5 Å². The normalized spacial score (nSPS) is 10.5. The van der Waals surface area contributed by atoms with Gasteiger partial charge in [0.15, 0.2) is 0 Å². The minimum Gasteiger partial charge on any atom is -0.390 e. The van der Waals surface area contributed by atoms with Crippen LogP contribution in [-0.2, 0) is 37.1 Å². The molecule has 0 fully saturated rings. The summed E-state index contributed by atoms with van der Waals surface area (Å²) in [6, 6.07) is 19.5. The molecule has 0 aliphatic heterocycles. The number of rotatable bonds is 10. The first kappa shape index (κ1) is 27.3. The van der Waals surface area contributed by atoms with Crippen molar-refractivity contribution in [1.82, 2.24) is 0 Å². The quantitative estimate of drug-likeness (QED) is 0.471. The van der Waals surface area contributed by atoms with E-state index in [1.807, 2.05) is 60.7 Å². The Morgan fingerprint density at radius 1 is 0.867 bits per heavy atom. The second kappa shape index (κ2) is 18.4. The van der Waals surface area contributed by atoms with Crippen molar-refractivity contribution in [2.24, 2.45) is 0 Å². The molecule has 0 heterocycles. The molecule has 0 radical (unpaired) electrons. The molecule has 0 aliphatic carbocycles. The van der Waals surface area contributed by atoms with Crippen LogP contribution in [0, 0.1) is 0 Å². The van der Waals surface area contributed by atoms with Crippen LogP contribution in [0.3, 0.4) is 0 Å². The zero-order valence-electron chi connectivity index (χ0n) is 18.0. The highest BCUT2D eigenvalue weighted by molar-refractivity contribution is 5.75. The van der Waals surface area contributed by atoms with Crippen molar-refractivity contribution in [3.05, 3.63) is 71.8 Å².